The number of esters is 1. The normalized spacial score (nSPS) is 23.2. The molecule has 2 aliphatic rings. The quantitative estimate of drug-likeness (QED) is 0.713. The molecule has 0 saturated carbocycles. The van der Waals surface area contributed by atoms with E-state index in [1.54, 1.807) is 21.1 Å². The molecule has 3 atom stereocenters. The monoisotopic (exact) mass is 375 g/mol. The summed E-state index contributed by atoms with van der Waals surface area (Å²) in [5.74, 6) is 1.08. The highest BCUT2D eigenvalue weighted by atomic mass is 16.5. The van der Waals surface area contributed by atoms with Crippen LogP contribution in [0.4, 0.5) is 0 Å². The fraction of sp³-hybridized carbons (Fsp3) is 0.619. The lowest BCUT2D eigenvalue weighted by molar-refractivity contribution is -0.148. The van der Waals surface area contributed by atoms with E-state index >= 15 is 0 Å². The van der Waals surface area contributed by atoms with Crippen LogP contribution in [0.5, 0.6) is 11.5 Å². The molecule has 0 spiro atoms. The molecule has 27 heavy (non-hydrogen) atoms. The Morgan fingerprint density at radius 2 is 1.96 bits per heavy atom. The Hall–Kier alpha value is -2.08. The fourth-order valence-electron chi connectivity index (χ4n) is 4.29. The minimum absolute atomic E-state index is 0.0789. The summed E-state index contributed by atoms with van der Waals surface area (Å²) < 4.78 is 16.0. The van der Waals surface area contributed by atoms with Gasteiger partial charge in [-0.3, -0.25) is 14.5 Å². The number of benzene rings is 1. The van der Waals surface area contributed by atoms with E-state index in [9.17, 15) is 9.59 Å². The lowest BCUT2D eigenvalue weighted by Crippen LogP contribution is -2.47. The minimum atomic E-state index is -0.253. The van der Waals surface area contributed by atoms with Crippen molar-refractivity contribution in [3.05, 3.63) is 23.3 Å². The third-order valence-corrected chi connectivity index (χ3v) is 5.75. The summed E-state index contributed by atoms with van der Waals surface area (Å²) in [4.78, 5) is 27.1. The second kappa shape index (κ2) is 8.30. The highest BCUT2D eigenvalue weighted by molar-refractivity contribution is 5.84. The maximum atomic E-state index is 12.8. The van der Waals surface area contributed by atoms with Crippen LogP contribution in [-0.4, -0.2) is 50.6 Å². The average molecular weight is 375 g/mol. The zero-order valence-corrected chi connectivity index (χ0v) is 16.6. The Kier molecular flexibility index (Phi) is 6.05. The molecule has 0 radical (unpaired) electrons. The molecular formula is C21H29NO5. The van der Waals surface area contributed by atoms with E-state index in [-0.39, 0.29) is 29.6 Å². The minimum Gasteiger partial charge on any atom is -0.493 e. The van der Waals surface area contributed by atoms with Crippen molar-refractivity contribution in [2.45, 2.75) is 39.2 Å². The van der Waals surface area contributed by atoms with Gasteiger partial charge >= 0.3 is 5.97 Å². The van der Waals surface area contributed by atoms with E-state index < -0.39 is 0 Å². The number of hydrogen-bond acceptors (Lipinski definition) is 6. The lowest BCUT2D eigenvalue weighted by Gasteiger charge is -2.43. The predicted molar refractivity (Wildman–Crippen MR) is 101 cm³/mol. The number of hydrogen-bond donors (Lipinski definition) is 0. The van der Waals surface area contributed by atoms with Crippen molar-refractivity contribution in [1.29, 1.82) is 0 Å². The van der Waals surface area contributed by atoms with Gasteiger partial charge in [-0.25, -0.2) is 0 Å². The van der Waals surface area contributed by atoms with E-state index in [0.29, 0.717) is 31.7 Å². The first-order chi connectivity index (χ1) is 13.0. The van der Waals surface area contributed by atoms with Crippen molar-refractivity contribution in [3.63, 3.8) is 0 Å². The van der Waals surface area contributed by atoms with E-state index in [1.807, 2.05) is 19.1 Å². The van der Waals surface area contributed by atoms with Gasteiger partial charge in [0.15, 0.2) is 11.5 Å². The largest absolute Gasteiger partial charge is 0.493 e. The number of fused-ring (bicyclic) bond motifs is 3. The van der Waals surface area contributed by atoms with Gasteiger partial charge in [0, 0.05) is 31.5 Å². The molecule has 0 aliphatic carbocycles. The van der Waals surface area contributed by atoms with Crippen molar-refractivity contribution in [1.82, 2.24) is 4.90 Å². The Bertz CT molecular complexity index is 717. The average Bonchev–Trinajstić information content (AvgIpc) is 2.67. The molecule has 0 aromatic heterocycles. The van der Waals surface area contributed by atoms with Gasteiger partial charge in [-0.15, -0.1) is 0 Å². The number of ketones is 1. The molecule has 1 unspecified atom stereocenters. The molecule has 6 nitrogen and oxygen atoms in total. The first kappa shape index (κ1) is 19.7. The third kappa shape index (κ3) is 3.95. The fourth-order valence-corrected chi connectivity index (χ4v) is 4.29. The van der Waals surface area contributed by atoms with Crippen LogP contribution >= 0.6 is 0 Å². The number of rotatable bonds is 6. The van der Waals surface area contributed by atoms with Gasteiger partial charge in [0.05, 0.1) is 26.7 Å². The molecule has 1 saturated heterocycles. The molecule has 6 heteroatoms. The maximum Gasteiger partial charge on any atom is 0.308 e. The summed E-state index contributed by atoms with van der Waals surface area (Å²) in [6.45, 7) is 5.62. The lowest BCUT2D eigenvalue weighted by atomic mass is 9.80. The zero-order valence-electron chi connectivity index (χ0n) is 16.6. The van der Waals surface area contributed by atoms with Gasteiger partial charge < -0.3 is 14.2 Å². The first-order valence-corrected chi connectivity index (χ1v) is 9.66. The SMILES string of the molecule is CCOC(=O)C(C)C[C@@H]1CN2CCc3cc(OC)c(OC)cc3[C@H]2CC1=O. The molecule has 148 valence electrons. The molecule has 1 aromatic carbocycles. The van der Waals surface area contributed by atoms with Gasteiger partial charge in [0.25, 0.3) is 0 Å². The summed E-state index contributed by atoms with van der Waals surface area (Å²) in [6.07, 6.45) is 1.95. The van der Waals surface area contributed by atoms with Crippen LogP contribution in [0.25, 0.3) is 0 Å². The molecule has 2 aliphatic heterocycles. The Morgan fingerprint density at radius 1 is 1.26 bits per heavy atom. The number of ether oxygens (including phenoxy) is 3. The Balaban J connectivity index is 1.76. The van der Waals surface area contributed by atoms with E-state index in [1.165, 1.54) is 5.56 Å². The number of methoxy groups -OCH3 is 2. The Morgan fingerprint density at radius 3 is 2.63 bits per heavy atom. The van der Waals surface area contributed by atoms with Crippen LogP contribution < -0.4 is 9.47 Å². The third-order valence-electron chi connectivity index (χ3n) is 5.75. The topological polar surface area (TPSA) is 65.1 Å². The highest BCUT2D eigenvalue weighted by Crippen LogP contribution is 2.42. The van der Waals surface area contributed by atoms with E-state index in [4.69, 9.17) is 14.2 Å². The molecule has 3 rings (SSSR count). The summed E-state index contributed by atoms with van der Waals surface area (Å²) >= 11 is 0. The summed E-state index contributed by atoms with van der Waals surface area (Å²) in [5, 5.41) is 0. The number of piperidine rings is 1. The van der Waals surface area contributed by atoms with Crippen molar-refractivity contribution in [2.75, 3.05) is 33.9 Å². The van der Waals surface area contributed by atoms with Crippen LogP contribution in [0, 0.1) is 11.8 Å². The van der Waals surface area contributed by atoms with E-state index in [2.05, 4.69) is 4.90 Å². The second-order valence-corrected chi connectivity index (χ2v) is 7.42. The number of carbonyl (C=O) groups excluding carboxylic acids is 2. The summed E-state index contributed by atoms with van der Waals surface area (Å²) in [5.41, 5.74) is 2.38. The highest BCUT2D eigenvalue weighted by Gasteiger charge is 2.39. The molecule has 0 bridgehead atoms. The Labute approximate surface area is 160 Å². The van der Waals surface area contributed by atoms with Gasteiger partial charge in [-0.05, 0) is 43.0 Å². The van der Waals surface area contributed by atoms with Crippen molar-refractivity contribution in [3.8, 4) is 11.5 Å². The summed E-state index contributed by atoms with van der Waals surface area (Å²) in [7, 11) is 3.27. The van der Waals surface area contributed by atoms with Crippen LogP contribution in [0.2, 0.25) is 0 Å². The standard InChI is InChI=1S/C21H29NO5/c1-5-27-21(24)13(2)8-15-12-22-7-6-14-9-19(25-3)20(26-4)10-16(14)17(22)11-18(15)23/h9-10,13,15,17H,5-8,11-12H2,1-4H3/t13?,15-,17-/m1/s1. The molecule has 2 heterocycles. The van der Waals surface area contributed by atoms with Crippen LogP contribution in [-0.2, 0) is 20.7 Å². The van der Waals surface area contributed by atoms with Gasteiger partial charge in [0.1, 0.15) is 5.78 Å². The second-order valence-electron chi connectivity index (χ2n) is 7.42. The van der Waals surface area contributed by atoms with Gasteiger partial charge in [-0.1, -0.05) is 6.92 Å². The van der Waals surface area contributed by atoms with Crippen LogP contribution in [0.1, 0.15) is 43.9 Å². The molecular weight excluding hydrogens is 346 g/mol. The smallest absolute Gasteiger partial charge is 0.308 e. The van der Waals surface area contributed by atoms with Gasteiger partial charge in [-0.2, -0.15) is 0 Å². The predicted octanol–water partition coefficient (Wildman–Crippen LogP) is 2.78. The molecule has 0 amide bonds. The maximum absolute atomic E-state index is 12.8. The zero-order chi connectivity index (χ0) is 19.6. The number of Topliss-reactive ketones (excluding diaryl/α,β-unsaturated/α-hetero) is 1. The first-order valence-electron chi connectivity index (χ1n) is 9.66. The van der Waals surface area contributed by atoms with Crippen LogP contribution in [0.3, 0.4) is 0 Å². The van der Waals surface area contributed by atoms with Crippen LogP contribution in [0.15, 0.2) is 12.1 Å². The van der Waals surface area contributed by atoms with Gasteiger partial charge in [0.2, 0.25) is 0 Å². The number of nitrogens with zero attached hydrogens (tertiary/aromatic N) is 1. The molecule has 0 N–H and O–H groups in total. The molecule has 1 aromatic rings. The van der Waals surface area contributed by atoms with Crippen molar-refractivity contribution in [2.24, 2.45) is 11.8 Å². The molecule has 1 fully saturated rings. The van der Waals surface area contributed by atoms with Crippen molar-refractivity contribution >= 4 is 11.8 Å². The number of carbonyl (C=O) groups is 2. The van der Waals surface area contributed by atoms with E-state index in [0.717, 1.165) is 24.3 Å². The summed E-state index contributed by atoms with van der Waals surface area (Å²) in [6, 6.07) is 4.13. The van der Waals surface area contributed by atoms with Crippen molar-refractivity contribution < 1.29 is 23.8 Å².